The van der Waals surface area contributed by atoms with E-state index in [2.05, 4.69) is 4.18 Å². The molecule has 49 heavy (non-hydrogen) atoms. The molecule has 3 aliphatic rings. The molecule has 1 aromatic carbocycles. The number of benzene rings is 1. The zero-order valence-electron chi connectivity index (χ0n) is 26.2. The fraction of sp³-hybridized carbons (Fsp3) is 0.720. The van der Waals surface area contributed by atoms with Crippen LogP contribution in [0, 0.1) is 0 Å². The average molecular weight is 749 g/mol. The van der Waals surface area contributed by atoms with E-state index < -0.39 is 122 Å². The van der Waals surface area contributed by atoms with Crippen LogP contribution in [0.15, 0.2) is 24.3 Å². The van der Waals surface area contributed by atoms with Crippen molar-refractivity contribution >= 4 is 16.4 Å². The van der Waals surface area contributed by atoms with Gasteiger partial charge in [0.1, 0.15) is 84.7 Å². The minimum absolute atomic E-state index is 0. The summed E-state index contributed by atoms with van der Waals surface area (Å²) >= 11 is 0. The van der Waals surface area contributed by atoms with Crippen molar-refractivity contribution in [3.63, 3.8) is 0 Å². The molecule has 15 atom stereocenters. The number of rotatable bonds is 12. The Balaban J connectivity index is 0.00000417. The van der Waals surface area contributed by atoms with Crippen LogP contribution in [-0.4, -0.2) is 172 Å². The summed E-state index contributed by atoms with van der Waals surface area (Å²) in [5.74, 6) is -1.52. The van der Waals surface area contributed by atoms with Gasteiger partial charge in [-0.15, -0.1) is 0 Å². The van der Waals surface area contributed by atoms with E-state index in [4.69, 9.17) is 33.2 Å². The summed E-state index contributed by atoms with van der Waals surface area (Å²) < 4.78 is 76.7. The second kappa shape index (κ2) is 19.1. The summed E-state index contributed by atoms with van der Waals surface area (Å²) in [6.45, 7) is -2.03. The van der Waals surface area contributed by atoms with Crippen molar-refractivity contribution in [2.45, 2.75) is 92.1 Å². The minimum Gasteiger partial charge on any atom is -0.726 e. The zero-order valence-corrected chi connectivity index (χ0v) is 31.0. The molecule has 3 aliphatic heterocycles. The van der Waals surface area contributed by atoms with E-state index in [1.807, 2.05) is 0 Å². The van der Waals surface area contributed by atoms with Crippen molar-refractivity contribution in [1.82, 2.24) is 0 Å². The van der Waals surface area contributed by atoms with Crippen LogP contribution in [0.3, 0.4) is 0 Å². The Bertz CT molecular complexity index is 1290. The Morgan fingerprint density at radius 2 is 1.22 bits per heavy atom. The smallest absolute Gasteiger partial charge is 0.726 e. The van der Waals surface area contributed by atoms with E-state index in [1.165, 1.54) is 31.4 Å². The molecule has 0 spiro atoms. The quantitative estimate of drug-likeness (QED) is 0.0559. The molecule has 0 amide bonds. The van der Waals surface area contributed by atoms with Gasteiger partial charge in [-0.2, -0.15) is 0 Å². The molecule has 24 heteroatoms. The van der Waals surface area contributed by atoms with Crippen LogP contribution < -0.4 is 73.7 Å². The third kappa shape index (κ3) is 10.6. The van der Waals surface area contributed by atoms with Gasteiger partial charge in [0.2, 0.25) is 16.7 Å². The maximum atomic E-state index is 11.6. The SMILES string of the molecule is COc1ccc(O[C@@H]2O[C@H](CO)[C@H](OS(=O)(=O)[O-])[C@H](O[C@@H]3O[C@H](CO)[C@H](O)[C@H](O[C@@H]4O[C@H](C(=O)[O-])[C@@H](O)[C@H](O)[C@H]4O)[C@H]3O)[C@H]2O)cc1.[Na+].[Na+]. The monoisotopic (exact) mass is 748 g/mol. The van der Waals surface area contributed by atoms with Gasteiger partial charge in [-0.1, -0.05) is 0 Å². The predicted octanol–water partition coefficient (Wildman–Crippen LogP) is -13.2. The van der Waals surface area contributed by atoms with Crippen molar-refractivity contribution in [3.8, 4) is 11.5 Å². The fourth-order valence-corrected chi connectivity index (χ4v) is 5.63. The van der Waals surface area contributed by atoms with Crippen LogP contribution in [0.25, 0.3) is 0 Å². The first-order valence-corrected chi connectivity index (χ1v) is 15.2. The number of hydrogen-bond acceptors (Lipinski definition) is 21. The Labute approximate surface area is 322 Å². The molecular formula is C25H34Na2O21S. The molecule has 268 valence electrons. The second-order valence-electron chi connectivity index (χ2n) is 10.6. The number of carbonyl (C=O) groups is 1. The molecule has 3 fully saturated rings. The van der Waals surface area contributed by atoms with Crippen molar-refractivity contribution in [3.05, 3.63) is 24.3 Å². The van der Waals surface area contributed by atoms with Gasteiger partial charge in [-0.25, -0.2) is 8.42 Å². The molecule has 0 unspecified atom stereocenters. The molecule has 0 bridgehead atoms. The fourth-order valence-electron chi connectivity index (χ4n) is 5.13. The van der Waals surface area contributed by atoms with Crippen LogP contribution >= 0.6 is 0 Å². The van der Waals surface area contributed by atoms with Crippen LogP contribution in [0.5, 0.6) is 11.5 Å². The van der Waals surface area contributed by atoms with Gasteiger partial charge in [0.05, 0.1) is 26.3 Å². The van der Waals surface area contributed by atoms with Crippen molar-refractivity contribution in [2.24, 2.45) is 0 Å². The first-order valence-electron chi connectivity index (χ1n) is 13.8. The Morgan fingerprint density at radius 1 is 0.714 bits per heavy atom. The number of hydrogen-bond donors (Lipinski definition) is 8. The van der Waals surface area contributed by atoms with Gasteiger partial charge in [0, 0.05) is 0 Å². The third-order valence-electron chi connectivity index (χ3n) is 7.54. The summed E-state index contributed by atoms with van der Waals surface area (Å²) in [4.78, 5) is 11.4. The zero-order chi connectivity index (χ0) is 34.8. The molecule has 3 heterocycles. The van der Waals surface area contributed by atoms with Gasteiger partial charge in [0.25, 0.3) is 0 Å². The maximum Gasteiger partial charge on any atom is 1.00 e. The molecule has 21 nitrogen and oxygen atoms in total. The van der Waals surface area contributed by atoms with Gasteiger partial charge in [-0.05, 0) is 24.3 Å². The van der Waals surface area contributed by atoms with Crippen LogP contribution in [-0.2, 0) is 43.1 Å². The molecule has 8 N–H and O–H groups in total. The predicted molar refractivity (Wildman–Crippen MR) is 139 cm³/mol. The summed E-state index contributed by atoms with van der Waals surface area (Å²) in [5.41, 5.74) is 0. The van der Waals surface area contributed by atoms with Crippen molar-refractivity contribution in [1.29, 1.82) is 0 Å². The number of aliphatic hydroxyl groups excluding tert-OH is 8. The number of carboxylic acids is 1. The van der Waals surface area contributed by atoms with Crippen molar-refractivity contribution in [2.75, 3.05) is 20.3 Å². The van der Waals surface area contributed by atoms with Crippen LogP contribution in [0.4, 0.5) is 0 Å². The maximum absolute atomic E-state index is 11.6. The van der Waals surface area contributed by atoms with Crippen LogP contribution in [0.1, 0.15) is 0 Å². The van der Waals surface area contributed by atoms with E-state index in [9.17, 15) is 63.7 Å². The topological polar surface area (TPSA) is 333 Å². The summed E-state index contributed by atoms with van der Waals surface area (Å²) in [6, 6.07) is 5.75. The van der Waals surface area contributed by atoms with Crippen LogP contribution in [0.2, 0.25) is 0 Å². The Kier molecular flexibility index (Phi) is 17.5. The summed E-state index contributed by atoms with van der Waals surface area (Å²) in [6.07, 6.45) is -30.7. The number of aliphatic carboxylic acids is 1. The van der Waals surface area contributed by atoms with E-state index in [0.717, 1.165) is 0 Å². The molecule has 1 aromatic rings. The van der Waals surface area contributed by atoms with Gasteiger partial charge in [-0.3, -0.25) is 4.18 Å². The number of ether oxygens (including phenoxy) is 7. The first-order chi connectivity index (χ1) is 22.1. The summed E-state index contributed by atoms with van der Waals surface area (Å²) in [7, 11) is -4.18. The van der Waals surface area contributed by atoms with Gasteiger partial charge in [0.15, 0.2) is 12.6 Å². The molecular weight excluding hydrogens is 714 g/mol. The number of carboxylic acid groups (broad SMARTS) is 1. The summed E-state index contributed by atoms with van der Waals surface area (Å²) in [5, 5.41) is 94.5. The second-order valence-corrected chi connectivity index (χ2v) is 11.6. The largest absolute Gasteiger partial charge is 1.00 e. The molecule has 3 saturated heterocycles. The first kappa shape index (κ1) is 44.8. The van der Waals surface area contributed by atoms with Crippen molar-refractivity contribution < 1.29 is 160 Å². The van der Waals surface area contributed by atoms with E-state index in [0.29, 0.717) is 5.75 Å². The third-order valence-corrected chi connectivity index (χ3v) is 8.00. The number of aliphatic hydroxyl groups is 8. The van der Waals surface area contributed by atoms with Gasteiger partial charge < -0.3 is 88.5 Å². The Hall–Kier alpha value is -0.360. The number of methoxy groups -OCH3 is 1. The normalized spacial score (nSPS) is 39.6. The standard InChI is InChI=1S/C25H36O21S.2Na/c1-39-8-2-4-9(5-3-8)40-24-17(33)20(18(11(7-27)42-24)46-47(36,37)38)44-25-16(32)19(12(28)10(6-26)41-25)43-23-15(31)13(29)14(30)21(45-23)22(34)35;;/h2-5,10-21,23-33H,6-7H2,1H3,(H,34,35)(H,36,37,38);;/q;2*+1/p-2/t10-,11-,12+,13+,14+,15-,16-,17-,18+,19+,20-,21+,23-,24-,25+;;/m1../s1. The number of carbonyl (C=O) groups excluding carboxylic acids is 1. The molecule has 0 saturated carbocycles. The van der Waals surface area contributed by atoms with Gasteiger partial charge >= 0.3 is 59.1 Å². The van der Waals surface area contributed by atoms with E-state index >= 15 is 0 Å². The van der Waals surface area contributed by atoms with E-state index in [1.54, 1.807) is 0 Å². The molecule has 0 radical (unpaired) electrons. The molecule has 0 aromatic heterocycles. The minimum atomic E-state index is -5.58. The average Bonchev–Trinajstić information content (AvgIpc) is 3.02. The molecule has 0 aliphatic carbocycles. The van der Waals surface area contributed by atoms with E-state index in [-0.39, 0.29) is 64.9 Å². The Morgan fingerprint density at radius 3 is 1.76 bits per heavy atom. The molecule has 4 rings (SSSR count).